The van der Waals surface area contributed by atoms with Crippen LogP contribution in [0.3, 0.4) is 0 Å². The second kappa shape index (κ2) is 10.5. The van der Waals surface area contributed by atoms with Crippen molar-refractivity contribution in [2.75, 3.05) is 6.54 Å². The smallest absolute Gasteiger partial charge is 0.256 e. The van der Waals surface area contributed by atoms with Gasteiger partial charge in [-0.15, -0.1) is 10.2 Å². The van der Waals surface area contributed by atoms with Crippen LogP contribution in [0.15, 0.2) is 53.6 Å². The summed E-state index contributed by atoms with van der Waals surface area (Å²) in [5.74, 6) is 1.59. The predicted octanol–water partition coefficient (Wildman–Crippen LogP) is 5.78. The van der Waals surface area contributed by atoms with Crippen molar-refractivity contribution in [3.05, 3.63) is 59.2 Å². The lowest BCUT2D eigenvalue weighted by atomic mass is 9.98. The summed E-state index contributed by atoms with van der Waals surface area (Å²) in [6.07, 6.45) is 12.6. The zero-order valence-corrected chi connectivity index (χ0v) is 20.6. The quantitative estimate of drug-likeness (QED) is 0.463. The predicted molar refractivity (Wildman–Crippen MR) is 136 cm³/mol. The van der Waals surface area contributed by atoms with Crippen molar-refractivity contribution in [3.8, 4) is 11.4 Å². The number of amides is 1. The number of aromatic amines is 1. The number of hydrogen-bond acceptors (Lipinski definition) is 5. The third kappa shape index (κ3) is 4.89. The summed E-state index contributed by atoms with van der Waals surface area (Å²) in [6.45, 7) is 8.64. The number of amidine groups is 1. The number of nitrogens with zero attached hydrogens (tertiary/aromatic N) is 5. The van der Waals surface area contributed by atoms with Crippen LogP contribution < -0.4 is 0 Å². The SMILES string of the molecule is C=C/C(=C\C=C(/C)c1cc(Cl)ccc1-c1nn[nH]n1)CN1C(=O)C2(CCCC2)N=C1CCCC. The maximum atomic E-state index is 13.4. The number of unbranched alkanes of at least 4 members (excludes halogenated alkanes) is 1. The molecule has 34 heavy (non-hydrogen) atoms. The Morgan fingerprint density at radius 3 is 2.76 bits per heavy atom. The second-order valence-corrected chi connectivity index (χ2v) is 9.42. The molecule has 2 aliphatic rings. The van der Waals surface area contributed by atoms with Gasteiger partial charge in [-0.1, -0.05) is 62.6 Å². The van der Waals surface area contributed by atoms with Crippen LogP contribution in [0, 0.1) is 0 Å². The summed E-state index contributed by atoms with van der Waals surface area (Å²) in [5.41, 5.74) is 3.17. The molecule has 0 atom stereocenters. The van der Waals surface area contributed by atoms with Crippen molar-refractivity contribution in [2.24, 2.45) is 4.99 Å². The standard InChI is InChI=1S/C26H31ClN6O/c1-4-6-9-23-28-26(14-7-8-15-26)25(34)33(23)17-19(5-2)11-10-18(3)22-16-20(27)12-13-21(22)24-29-31-32-30-24/h5,10-13,16H,2,4,6-9,14-15,17H2,1,3H3,(H,29,30,31,32)/b18-10+,19-11+. The van der Waals surface area contributed by atoms with Gasteiger partial charge in [0.15, 0.2) is 0 Å². The molecule has 1 aliphatic carbocycles. The molecule has 0 radical (unpaired) electrons. The average molecular weight is 479 g/mol. The van der Waals surface area contributed by atoms with Gasteiger partial charge in [-0.25, -0.2) is 0 Å². The van der Waals surface area contributed by atoms with Gasteiger partial charge in [0, 0.05) is 17.0 Å². The molecule has 0 bridgehead atoms. The highest BCUT2D eigenvalue weighted by Crippen LogP contribution is 2.40. The van der Waals surface area contributed by atoms with Crippen LogP contribution in [0.1, 0.15) is 64.4 Å². The molecule has 1 N–H and O–H groups in total. The first-order valence-electron chi connectivity index (χ1n) is 11.9. The van der Waals surface area contributed by atoms with Gasteiger partial charge in [0.2, 0.25) is 5.82 Å². The first-order chi connectivity index (χ1) is 16.5. The molecule has 1 aromatic carbocycles. The van der Waals surface area contributed by atoms with E-state index in [0.29, 0.717) is 17.4 Å². The molecule has 1 fully saturated rings. The lowest BCUT2D eigenvalue weighted by molar-refractivity contribution is -0.130. The Bertz CT molecular complexity index is 1140. The fraction of sp³-hybridized carbons (Fsp3) is 0.423. The normalized spacial score (nSPS) is 18.1. The molecule has 1 spiro atoms. The molecule has 7 nitrogen and oxygen atoms in total. The number of aromatic nitrogens is 4. The zero-order valence-electron chi connectivity index (χ0n) is 19.9. The number of carbonyl (C=O) groups excluding carboxylic acids is 1. The summed E-state index contributed by atoms with van der Waals surface area (Å²) in [4.78, 5) is 20.3. The van der Waals surface area contributed by atoms with E-state index < -0.39 is 5.54 Å². The summed E-state index contributed by atoms with van der Waals surface area (Å²) in [5, 5.41) is 15.0. The van der Waals surface area contributed by atoms with Gasteiger partial charge in [0.1, 0.15) is 11.4 Å². The van der Waals surface area contributed by atoms with E-state index >= 15 is 0 Å². The third-order valence-corrected chi connectivity index (χ3v) is 6.86. The molecule has 4 rings (SSSR count). The Morgan fingerprint density at radius 2 is 2.09 bits per heavy atom. The summed E-state index contributed by atoms with van der Waals surface area (Å²) >= 11 is 6.28. The number of halogens is 1. The van der Waals surface area contributed by atoms with Crippen molar-refractivity contribution >= 4 is 28.9 Å². The fourth-order valence-corrected chi connectivity index (χ4v) is 4.87. The zero-order chi connectivity index (χ0) is 24.1. The molecule has 1 aliphatic heterocycles. The minimum atomic E-state index is -0.526. The van der Waals surface area contributed by atoms with E-state index in [9.17, 15) is 4.79 Å². The largest absolute Gasteiger partial charge is 0.294 e. The lowest BCUT2D eigenvalue weighted by Gasteiger charge is -2.23. The number of H-pyrrole nitrogens is 1. The number of allylic oxidation sites excluding steroid dienone is 3. The highest BCUT2D eigenvalue weighted by atomic mass is 35.5. The molecule has 2 aromatic rings. The van der Waals surface area contributed by atoms with Crippen LogP contribution in [0.5, 0.6) is 0 Å². The number of nitrogens with one attached hydrogen (secondary N) is 1. The van der Waals surface area contributed by atoms with Gasteiger partial charge in [0.05, 0.1) is 6.54 Å². The fourth-order valence-electron chi connectivity index (χ4n) is 4.70. The molecule has 178 valence electrons. The molecule has 1 saturated carbocycles. The second-order valence-electron chi connectivity index (χ2n) is 8.98. The molecule has 0 saturated heterocycles. The summed E-state index contributed by atoms with van der Waals surface area (Å²) < 4.78 is 0. The lowest BCUT2D eigenvalue weighted by Crippen LogP contribution is -2.41. The Balaban J connectivity index is 1.59. The molecular formula is C26H31ClN6O. The van der Waals surface area contributed by atoms with Crippen molar-refractivity contribution in [2.45, 2.75) is 64.3 Å². The van der Waals surface area contributed by atoms with Gasteiger partial charge in [-0.2, -0.15) is 5.21 Å². The number of benzene rings is 1. The summed E-state index contributed by atoms with van der Waals surface area (Å²) in [7, 11) is 0. The van der Waals surface area contributed by atoms with E-state index in [0.717, 1.165) is 73.1 Å². The van der Waals surface area contributed by atoms with E-state index in [1.54, 1.807) is 0 Å². The average Bonchev–Trinajstić information content (AvgIpc) is 3.59. The van der Waals surface area contributed by atoms with E-state index in [1.807, 2.05) is 48.3 Å². The first kappa shape index (κ1) is 24.1. The Kier molecular flexibility index (Phi) is 7.41. The van der Waals surface area contributed by atoms with E-state index in [4.69, 9.17) is 16.6 Å². The van der Waals surface area contributed by atoms with Crippen LogP contribution in [0.4, 0.5) is 0 Å². The molecule has 8 heteroatoms. The Hall–Kier alpha value is -3.06. The molecule has 0 unspecified atom stereocenters. The van der Waals surface area contributed by atoms with Crippen molar-refractivity contribution in [1.29, 1.82) is 0 Å². The third-order valence-electron chi connectivity index (χ3n) is 6.63. The maximum absolute atomic E-state index is 13.4. The van der Waals surface area contributed by atoms with Gasteiger partial charge in [0.25, 0.3) is 5.91 Å². The van der Waals surface area contributed by atoms with Crippen LogP contribution >= 0.6 is 11.6 Å². The maximum Gasteiger partial charge on any atom is 0.256 e. The number of hydrogen-bond donors (Lipinski definition) is 1. The molecule has 1 amide bonds. The van der Waals surface area contributed by atoms with Gasteiger partial charge < -0.3 is 0 Å². The van der Waals surface area contributed by atoms with Gasteiger partial charge in [-0.05, 0) is 66.3 Å². The molecule has 2 heterocycles. The van der Waals surface area contributed by atoms with Crippen LogP contribution in [-0.4, -0.2) is 49.4 Å². The highest BCUT2D eigenvalue weighted by molar-refractivity contribution is 6.30. The topological polar surface area (TPSA) is 87.1 Å². The Labute approximate surface area is 205 Å². The first-order valence-corrected chi connectivity index (χ1v) is 12.3. The summed E-state index contributed by atoms with van der Waals surface area (Å²) in [6, 6.07) is 5.59. The number of rotatable bonds is 9. The van der Waals surface area contributed by atoms with Crippen molar-refractivity contribution in [1.82, 2.24) is 25.5 Å². The van der Waals surface area contributed by atoms with Gasteiger partial charge >= 0.3 is 0 Å². The van der Waals surface area contributed by atoms with Crippen molar-refractivity contribution < 1.29 is 4.79 Å². The number of aliphatic imine (C=N–C) groups is 1. The van der Waals surface area contributed by atoms with E-state index in [-0.39, 0.29) is 5.91 Å². The number of tetrazole rings is 1. The van der Waals surface area contributed by atoms with Gasteiger partial charge in [-0.3, -0.25) is 14.7 Å². The van der Waals surface area contributed by atoms with Crippen molar-refractivity contribution in [3.63, 3.8) is 0 Å². The minimum Gasteiger partial charge on any atom is -0.294 e. The Morgan fingerprint density at radius 1 is 1.29 bits per heavy atom. The highest BCUT2D eigenvalue weighted by Gasteiger charge is 2.49. The van der Waals surface area contributed by atoms with Crippen LogP contribution in [0.25, 0.3) is 17.0 Å². The number of carbonyl (C=O) groups is 1. The molecule has 1 aromatic heterocycles. The minimum absolute atomic E-state index is 0.152. The monoisotopic (exact) mass is 478 g/mol. The van der Waals surface area contributed by atoms with Crippen LogP contribution in [-0.2, 0) is 4.79 Å². The molecular weight excluding hydrogens is 448 g/mol. The van der Waals surface area contributed by atoms with Crippen LogP contribution in [0.2, 0.25) is 5.02 Å². The van der Waals surface area contributed by atoms with E-state index in [2.05, 4.69) is 34.1 Å². The van der Waals surface area contributed by atoms with E-state index in [1.165, 1.54) is 0 Å².